The first-order valence-corrected chi connectivity index (χ1v) is 14.4. The van der Waals surface area contributed by atoms with E-state index in [1.165, 1.54) is 6.42 Å². The van der Waals surface area contributed by atoms with Crippen molar-refractivity contribution in [1.29, 1.82) is 0 Å². The van der Waals surface area contributed by atoms with Crippen molar-refractivity contribution in [3.63, 3.8) is 0 Å². The molecule has 3 heterocycles. The fourth-order valence-electron chi connectivity index (χ4n) is 6.74. The Balaban J connectivity index is 1.34. The van der Waals surface area contributed by atoms with Gasteiger partial charge in [0.1, 0.15) is 17.4 Å². The first-order valence-electron chi connectivity index (χ1n) is 13.6. The molecule has 2 bridgehead atoms. The number of halogens is 1. The van der Waals surface area contributed by atoms with Crippen LogP contribution in [0, 0.1) is 11.8 Å². The lowest BCUT2D eigenvalue weighted by Gasteiger charge is -2.34. The van der Waals surface area contributed by atoms with Crippen LogP contribution in [0.3, 0.4) is 0 Å². The summed E-state index contributed by atoms with van der Waals surface area (Å²) in [7, 11) is 1.58. The van der Waals surface area contributed by atoms with Gasteiger partial charge in [-0.05, 0) is 43.2 Å². The van der Waals surface area contributed by atoms with Crippen molar-refractivity contribution in [1.82, 2.24) is 10.2 Å². The number of amides is 3. The fourth-order valence-corrected chi connectivity index (χ4v) is 7.01. The number of ether oxygens (including phenoxy) is 2. The molecule has 4 aliphatic rings. The van der Waals surface area contributed by atoms with E-state index in [1.54, 1.807) is 24.1 Å². The van der Waals surface area contributed by atoms with E-state index in [-0.39, 0.29) is 30.3 Å². The average Bonchev–Trinajstić information content (AvgIpc) is 3.58. The molecule has 1 spiro atoms. The number of benzene rings is 2. The summed E-state index contributed by atoms with van der Waals surface area (Å²) in [5.41, 5.74) is 0.214. The molecule has 0 radical (unpaired) electrons. The van der Waals surface area contributed by atoms with Gasteiger partial charge in [0.05, 0.1) is 31.6 Å². The zero-order valence-corrected chi connectivity index (χ0v) is 23.4. The Morgan fingerprint density at radius 1 is 1.08 bits per heavy atom. The second-order valence-corrected chi connectivity index (χ2v) is 11.7. The van der Waals surface area contributed by atoms with Gasteiger partial charge in [0, 0.05) is 21.8 Å². The van der Waals surface area contributed by atoms with Gasteiger partial charge in [0.2, 0.25) is 17.7 Å². The number of carbonyl (C=O) groups is 3. The molecule has 39 heavy (non-hydrogen) atoms. The van der Waals surface area contributed by atoms with Crippen LogP contribution in [0.4, 0.5) is 5.69 Å². The van der Waals surface area contributed by atoms with E-state index >= 15 is 0 Å². The molecular formula is C30H32BrN3O5. The summed E-state index contributed by atoms with van der Waals surface area (Å²) in [5, 5.41) is 6.18. The molecule has 2 N–H and O–H groups in total. The number of fused-ring (bicyclic) bond motifs is 1. The van der Waals surface area contributed by atoms with Crippen LogP contribution in [-0.4, -0.2) is 53.5 Å². The molecule has 2 aromatic carbocycles. The van der Waals surface area contributed by atoms with E-state index in [9.17, 15) is 14.4 Å². The summed E-state index contributed by atoms with van der Waals surface area (Å²) in [6.45, 7) is 0.173. The number of methoxy groups -OCH3 is 1. The molecule has 8 nitrogen and oxygen atoms in total. The lowest BCUT2D eigenvalue weighted by Crippen LogP contribution is -2.56. The second-order valence-electron chi connectivity index (χ2n) is 10.8. The predicted molar refractivity (Wildman–Crippen MR) is 149 cm³/mol. The van der Waals surface area contributed by atoms with Crippen molar-refractivity contribution in [3.05, 3.63) is 70.7 Å². The van der Waals surface area contributed by atoms with Crippen LogP contribution in [0.1, 0.15) is 37.7 Å². The maximum Gasteiger partial charge on any atom is 0.246 e. The largest absolute Gasteiger partial charge is 0.496 e. The summed E-state index contributed by atoms with van der Waals surface area (Å²) in [6.07, 6.45) is 8.27. The summed E-state index contributed by atoms with van der Waals surface area (Å²) < 4.78 is 12.9. The first-order chi connectivity index (χ1) is 18.9. The van der Waals surface area contributed by atoms with Crippen molar-refractivity contribution in [2.24, 2.45) is 11.8 Å². The summed E-state index contributed by atoms with van der Waals surface area (Å²) in [4.78, 5) is 43.4. The molecule has 204 valence electrons. The molecule has 6 rings (SSSR count). The van der Waals surface area contributed by atoms with Gasteiger partial charge in [-0.3, -0.25) is 14.4 Å². The van der Waals surface area contributed by atoms with Crippen LogP contribution in [-0.2, 0) is 25.7 Å². The number of likely N-dealkylation sites (tertiary alicyclic amines) is 1. The molecule has 1 saturated carbocycles. The maximum absolute atomic E-state index is 14.2. The molecule has 1 aliphatic carbocycles. The van der Waals surface area contributed by atoms with Crippen LogP contribution >= 0.6 is 15.9 Å². The molecule has 3 amide bonds. The standard InChI is InChI=1S/C30H32BrN3O5/c1-38-22-10-6-5-7-18(22)17-34-26(28(36)33-20-8-3-2-4-9-20)30-16-15-23(39-30)24(25(30)29(34)37)27(35)32-21-13-11-19(31)12-14-21/h5-7,10-16,20,23-26H,2-4,8-9,17H2,1H3,(H,32,35)(H,33,36)/t23-,24+,25-,26-,30-/m0/s1. The zero-order valence-electron chi connectivity index (χ0n) is 21.8. The predicted octanol–water partition coefficient (Wildman–Crippen LogP) is 4.20. The monoisotopic (exact) mass is 593 g/mol. The highest BCUT2D eigenvalue weighted by atomic mass is 79.9. The minimum atomic E-state index is -1.20. The number of carbonyl (C=O) groups excluding carboxylic acids is 3. The van der Waals surface area contributed by atoms with Gasteiger partial charge < -0.3 is 25.0 Å². The lowest BCUT2D eigenvalue weighted by molar-refractivity contribution is -0.142. The molecule has 0 unspecified atom stereocenters. The van der Waals surface area contributed by atoms with Crippen molar-refractivity contribution in [2.75, 3.05) is 12.4 Å². The third-order valence-corrected chi connectivity index (χ3v) is 9.05. The number of rotatable bonds is 7. The van der Waals surface area contributed by atoms with E-state index in [0.717, 1.165) is 35.7 Å². The lowest BCUT2D eigenvalue weighted by atomic mass is 9.74. The van der Waals surface area contributed by atoms with E-state index in [1.807, 2.05) is 48.6 Å². The average molecular weight is 595 g/mol. The quantitative estimate of drug-likeness (QED) is 0.469. The van der Waals surface area contributed by atoms with Gasteiger partial charge in [0.15, 0.2) is 0 Å². The summed E-state index contributed by atoms with van der Waals surface area (Å²) >= 11 is 3.41. The molecular weight excluding hydrogens is 562 g/mol. The topological polar surface area (TPSA) is 97.0 Å². The number of nitrogens with zero attached hydrogens (tertiary/aromatic N) is 1. The number of anilines is 1. The van der Waals surface area contributed by atoms with Gasteiger partial charge >= 0.3 is 0 Å². The van der Waals surface area contributed by atoms with Gasteiger partial charge in [-0.2, -0.15) is 0 Å². The Kier molecular flexibility index (Phi) is 6.97. The minimum Gasteiger partial charge on any atom is -0.496 e. The number of para-hydroxylation sites is 1. The molecule has 2 aromatic rings. The summed E-state index contributed by atoms with van der Waals surface area (Å²) in [5.74, 6) is -1.70. The molecule has 9 heteroatoms. The smallest absolute Gasteiger partial charge is 0.246 e. The van der Waals surface area contributed by atoms with Crippen molar-refractivity contribution in [3.8, 4) is 5.75 Å². The van der Waals surface area contributed by atoms with Gasteiger partial charge in [-0.1, -0.05) is 65.5 Å². The molecule has 0 aromatic heterocycles. The van der Waals surface area contributed by atoms with Crippen LogP contribution in [0.25, 0.3) is 0 Å². The SMILES string of the molecule is COc1ccccc1CN1C(=O)[C@@H]2[C@H](C(=O)Nc3ccc(Br)cc3)[C@@H]3C=C[C@@]2(O3)[C@@H]1C(=O)NC1CCCCC1. The number of hydrogen-bond donors (Lipinski definition) is 2. The molecule has 2 saturated heterocycles. The minimum absolute atomic E-state index is 0.0731. The molecule has 3 aliphatic heterocycles. The van der Waals surface area contributed by atoms with Crippen LogP contribution < -0.4 is 15.4 Å². The molecule has 5 atom stereocenters. The van der Waals surface area contributed by atoms with Crippen LogP contribution in [0.2, 0.25) is 0 Å². The van der Waals surface area contributed by atoms with Crippen molar-refractivity contribution < 1.29 is 23.9 Å². The van der Waals surface area contributed by atoms with Gasteiger partial charge in [-0.15, -0.1) is 0 Å². The Morgan fingerprint density at radius 3 is 2.56 bits per heavy atom. The number of hydrogen-bond acceptors (Lipinski definition) is 5. The number of nitrogens with one attached hydrogen (secondary N) is 2. The molecule has 3 fully saturated rings. The van der Waals surface area contributed by atoms with Crippen molar-refractivity contribution in [2.45, 2.75) is 62.4 Å². The second kappa shape index (κ2) is 10.4. The van der Waals surface area contributed by atoms with Crippen molar-refractivity contribution >= 4 is 39.3 Å². The highest BCUT2D eigenvalue weighted by Crippen LogP contribution is 2.55. The van der Waals surface area contributed by atoms with E-state index < -0.39 is 29.6 Å². The highest BCUT2D eigenvalue weighted by molar-refractivity contribution is 9.10. The summed E-state index contributed by atoms with van der Waals surface area (Å²) in [6, 6.07) is 13.9. The van der Waals surface area contributed by atoms with Gasteiger partial charge in [0.25, 0.3) is 0 Å². The van der Waals surface area contributed by atoms with E-state index in [2.05, 4.69) is 26.6 Å². The van der Waals surface area contributed by atoms with E-state index in [4.69, 9.17) is 9.47 Å². The Hall–Kier alpha value is -3.17. The maximum atomic E-state index is 14.2. The van der Waals surface area contributed by atoms with E-state index in [0.29, 0.717) is 11.4 Å². The Bertz CT molecular complexity index is 1310. The first kappa shape index (κ1) is 26.1. The Labute approximate surface area is 236 Å². The fraction of sp³-hybridized carbons (Fsp3) is 0.433. The van der Waals surface area contributed by atoms with Gasteiger partial charge in [-0.25, -0.2) is 0 Å². The zero-order chi connectivity index (χ0) is 27.1. The van der Waals surface area contributed by atoms with Crippen LogP contribution in [0.5, 0.6) is 5.75 Å². The van der Waals surface area contributed by atoms with Crippen LogP contribution in [0.15, 0.2) is 65.2 Å². The Morgan fingerprint density at radius 2 is 1.82 bits per heavy atom. The highest BCUT2D eigenvalue weighted by Gasteiger charge is 2.72. The third-order valence-electron chi connectivity index (χ3n) is 8.52. The third kappa shape index (κ3) is 4.55. The normalized spacial score (nSPS) is 29.4.